The number of carboxylic acid groups (broad SMARTS) is 1. The largest absolute Gasteiger partial charge is 0.480 e. The molecule has 6 nitrogen and oxygen atoms in total. The van der Waals surface area contributed by atoms with Crippen molar-refractivity contribution in [3.63, 3.8) is 0 Å². The smallest absolute Gasteiger partial charge is 0.329 e. The van der Waals surface area contributed by atoms with Crippen molar-refractivity contribution < 1.29 is 19.4 Å². The molecule has 1 atom stereocenters. The van der Waals surface area contributed by atoms with E-state index in [4.69, 9.17) is 15.6 Å². The van der Waals surface area contributed by atoms with Crippen molar-refractivity contribution in [1.29, 1.82) is 0 Å². The molecule has 1 rings (SSSR count). The maximum atomic E-state index is 11.7. The zero-order valence-corrected chi connectivity index (χ0v) is 9.44. The van der Waals surface area contributed by atoms with Crippen molar-refractivity contribution in [1.82, 2.24) is 4.90 Å². The lowest BCUT2D eigenvalue weighted by atomic mass is 9.99. The van der Waals surface area contributed by atoms with E-state index in [0.717, 1.165) is 0 Å². The van der Waals surface area contributed by atoms with Crippen molar-refractivity contribution in [2.45, 2.75) is 25.3 Å². The van der Waals surface area contributed by atoms with Crippen LogP contribution in [0, 0.1) is 0 Å². The molecule has 1 heterocycles. The van der Waals surface area contributed by atoms with Crippen LogP contribution in [0.1, 0.15) is 19.8 Å². The fraction of sp³-hybridized carbons (Fsp3) is 0.800. The van der Waals surface area contributed by atoms with Crippen LogP contribution in [0.5, 0.6) is 0 Å². The van der Waals surface area contributed by atoms with Crippen LogP contribution in [0.25, 0.3) is 0 Å². The molecule has 1 unspecified atom stereocenters. The van der Waals surface area contributed by atoms with Gasteiger partial charge in [-0.05, 0) is 19.8 Å². The predicted octanol–water partition coefficient (Wildman–Crippen LogP) is -0.573. The van der Waals surface area contributed by atoms with Gasteiger partial charge < -0.3 is 20.5 Å². The zero-order valence-electron chi connectivity index (χ0n) is 9.44. The van der Waals surface area contributed by atoms with Gasteiger partial charge in [0.2, 0.25) is 5.91 Å². The summed E-state index contributed by atoms with van der Waals surface area (Å²) in [7, 11) is 0. The number of nitrogens with two attached hydrogens (primary N) is 1. The molecule has 0 aromatic heterocycles. The maximum absolute atomic E-state index is 11.7. The van der Waals surface area contributed by atoms with Gasteiger partial charge in [0, 0.05) is 13.1 Å². The minimum Gasteiger partial charge on any atom is -0.480 e. The molecule has 1 saturated heterocycles. The number of ether oxygens (including phenoxy) is 1. The van der Waals surface area contributed by atoms with Gasteiger partial charge in [-0.2, -0.15) is 0 Å². The van der Waals surface area contributed by atoms with Crippen LogP contribution >= 0.6 is 0 Å². The van der Waals surface area contributed by atoms with E-state index in [2.05, 4.69) is 0 Å². The second kappa shape index (κ2) is 5.27. The van der Waals surface area contributed by atoms with Gasteiger partial charge in [-0.25, -0.2) is 4.79 Å². The van der Waals surface area contributed by atoms with Crippen molar-refractivity contribution in [3.8, 4) is 0 Å². The summed E-state index contributed by atoms with van der Waals surface area (Å²) in [6, 6.07) is 0. The van der Waals surface area contributed by atoms with Gasteiger partial charge in [0.1, 0.15) is 12.1 Å². The van der Waals surface area contributed by atoms with E-state index in [9.17, 15) is 9.59 Å². The summed E-state index contributed by atoms with van der Waals surface area (Å²) >= 11 is 0. The number of amides is 1. The highest BCUT2D eigenvalue weighted by Crippen LogP contribution is 2.29. The molecule has 1 amide bonds. The van der Waals surface area contributed by atoms with Crippen LogP contribution < -0.4 is 5.73 Å². The first-order valence-corrected chi connectivity index (χ1v) is 5.34. The second-order valence-corrected chi connectivity index (χ2v) is 4.07. The SMILES string of the molecule is CC1(C(=O)O)CCCN1C(=O)COCCN. The topological polar surface area (TPSA) is 92.9 Å². The molecule has 16 heavy (non-hydrogen) atoms. The molecular weight excluding hydrogens is 212 g/mol. The van der Waals surface area contributed by atoms with Crippen LogP contribution in [-0.2, 0) is 14.3 Å². The number of carboxylic acids is 1. The lowest BCUT2D eigenvalue weighted by Crippen LogP contribution is -2.51. The average molecular weight is 230 g/mol. The number of hydrogen-bond acceptors (Lipinski definition) is 4. The molecule has 0 spiro atoms. The Morgan fingerprint density at radius 3 is 2.81 bits per heavy atom. The average Bonchev–Trinajstić information content (AvgIpc) is 2.62. The van der Waals surface area contributed by atoms with E-state index in [0.29, 0.717) is 32.5 Å². The third-order valence-electron chi connectivity index (χ3n) is 2.89. The lowest BCUT2D eigenvalue weighted by molar-refractivity contribution is -0.157. The molecule has 0 saturated carbocycles. The summed E-state index contributed by atoms with van der Waals surface area (Å²) in [6.07, 6.45) is 1.20. The third-order valence-corrected chi connectivity index (χ3v) is 2.89. The Labute approximate surface area is 94.3 Å². The van der Waals surface area contributed by atoms with E-state index in [-0.39, 0.29) is 12.5 Å². The molecule has 1 aliphatic rings. The Bertz CT molecular complexity index is 282. The quantitative estimate of drug-likeness (QED) is 0.617. The number of nitrogens with zero attached hydrogens (tertiary/aromatic N) is 1. The number of likely N-dealkylation sites (tertiary alicyclic amines) is 1. The van der Waals surface area contributed by atoms with Crippen LogP contribution in [0.3, 0.4) is 0 Å². The molecule has 0 aromatic rings. The number of carbonyl (C=O) groups excluding carboxylic acids is 1. The molecular formula is C10H18N2O4. The Hall–Kier alpha value is -1.14. The summed E-state index contributed by atoms with van der Waals surface area (Å²) in [6.45, 7) is 2.61. The fourth-order valence-electron chi connectivity index (χ4n) is 1.91. The number of aliphatic carboxylic acids is 1. The summed E-state index contributed by atoms with van der Waals surface area (Å²) in [5.41, 5.74) is 4.15. The van der Waals surface area contributed by atoms with Crippen molar-refractivity contribution in [3.05, 3.63) is 0 Å². The van der Waals surface area contributed by atoms with Crippen LogP contribution in [0.2, 0.25) is 0 Å². The summed E-state index contributed by atoms with van der Waals surface area (Å²) in [5, 5.41) is 9.11. The van der Waals surface area contributed by atoms with Crippen molar-refractivity contribution in [2.75, 3.05) is 26.3 Å². The number of rotatable bonds is 5. The minimum atomic E-state index is -1.08. The Balaban J connectivity index is 2.58. The number of carbonyl (C=O) groups is 2. The van der Waals surface area contributed by atoms with E-state index in [1.807, 2.05) is 0 Å². The van der Waals surface area contributed by atoms with Crippen LogP contribution in [0.4, 0.5) is 0 Å². The third kappa shape index (κ3) is 2.51. The highest BCUT2D eigenvalue weighted by molar-refractivity contribution is 5.87. The molecule has 6 heteroatoms. The summed E-state index contributed by atoms with van der Waals surface area (Å²) < 4.78 is 5.02. The van der Waals surface area contributed by atoms with Gasteiger partial charge in [0.25, 0.3) is 0 Å². The van der Waals surface area contributed by atoms with E-state index in [1.165, 1.54) is 4.90 Å². The zero-order chi connectivity index (χ0) is 12.2. The molecule has 1 fully saturated rings. The van der Waals surface area contributed by atoms with Gasteiger partial charge in [0.15, 0.2) is 0 Å². The molecule has 3 N–H and O–H groups in total. The standard InChI is InChI=1S/C10H18N2O4/c1-10(9(14)15)3-2-5-12(10)8(13)7-16-6-4-11/h2-7,11H2,1H3,(H,14,15). The van der Waals surface area contributed by atoms with Crippen LogP contribution in [-0.4, -0.2) is 53.7 Å². The first-order valence-electron chi connectivity index (χ1n) is 5.34. The second-order valence-electron chi connectivity index (χ2n) is 4.07. The van der Waals surface area contributed by atoms with Gasteiger partial charge >= 0.3 is 5.97 Å². The highest BCUT2D eigenvalue weighted by atomic mass is 16.5. The normalized spacial score (nSPS) is 24.8. The maximum Gasteiger partial charge on any atom is 0.329 e. The molecule has 0 radical (unpaired) electrons. The molecule has 0 aliphatic carbocycles. The minimum absolute atomic E-state index is 0.0972. The van der Waals surface area contributed by atoms with Crippen LogP contribution in [0.15, 0.2) is 0 Å². The highest BCUT2D eigenvalue weighted by Gasteiger charge is 2.45. The monoisotopic (exact) mass is 230 g/mol. The van der Waals surface area contributed by atoms with Gasteiger partial charge in [0.05, 0.1) is 6.61 Å². The summed E-state index contributed by atoms with van der Waals surface area (Å²) in [4.78, 5) is 24.2. The first kappa shape index (κ1) is 12.9. The first-order chi connectivity index (χ1) is 7.52. The van der Waals surface area contributed by atoms with Gasteiger partial charge in [-0.1, -0.05) is 0 Å². The molecule has 0 bridgehead atoms. The Morgan fingerprint density at radius 1 is 1.56 bits per heavy atom. The predicted molar refractivity (Wildman–Crippen MR) is 56.9 cm³/mol. The van der Waals surface area contributed by atoms with E-state index >= 15 is 0 Å². The van der Waals surface area contributed by atoms with Crippen molar-refractivity contribution in [2.24, 2.45) is 5.73 Å². The van der Waals surface area contributed by atoms with E-state index in [1.54, 1.807) is 6.92 Å². The Morgan fingerprint density at radius 2 is 2.25 bits per heavy atom. The lowest BCUT2D eigenvalue weighted by Gasteiger charge is -2.31. The van der Waals surface area contributed by atoms with Crippen molar-refractivity contribution >= 4 is 11.9 Å². The molecule has 0 aromatic carbocycles. The van der Waals surface area contributed by atoms with E-state index < -0.39 is 11.5 Å². The number of hydrogen-bond donors (Lipinski definition) is 2. The fourth-order valence-corrected chi connectivity index (χ4v) is 1.91. The molecule has 92 valence electrons. The molecule has 1 aliphatic heterocycles. The van der Waals surface area contributed by atoms with Gasteiger partial charge in [-0.15, -0.1) is 0 Å². The Kier molecular flexibility index (Phi) is 4.26. The van der Waals surface area contributed by atoms with Gasteiger partial charge in [-0.3, -0.25) is 4.79 Å². The summed E-state index contributed by atoms with van der Waals surface area (Å²) in [5.74, 6) is -1.24.